The number of rotatable bonds is 8. The van der Waals surface area contributed by atoms with Crippen LogP contribution in [0.3, 0.4) is 0 Å². The van der Waals surface area contributed by atoms with Crippen LogP contribution in [0, 0.1) is 12.8 Å². The lowest BCUT2D eigenvalue weighted by molar-refractivity contribution is -0.121. The Bertz CT molecular complexity index is 894. The fourth-order valence-electron chi connectivity index (χ4n) is 3.43. The van der Waals surface area contributed by atoms with E-state index in [-0.39, 0.29) is 11.7 Å². The molecule has 1 unspecified atom stereocenters. The summed E-state index contributed by atoms with van der Waals surface area (Å²) in [7, 11) is 0. The van der Waals surface area contributed by atoms with Gasteiger partial charge in [-0.15, -0.1) is 0 Å². The summed E-state index contributed by atoms with van der Waals surface area (Å²) in [6.07, 6.45) is 1.92. The number of carbonyl (C=O) groups excluding carboxylic acids is 1. The standard InChI is InChI=1S/C26H26O/c1-20-11-9-10-16-24(20)19-25(18-22-12-5-3-6-13-22)26(27)17-21(2)23-14-7-4-8-15-23/h3-16,25H,2,17-19H2,1H3. The maximum Gasteiger partial charge on any atom is 0.140 e. The molecule has 3 aromatic carbocycles. The molecule has 3 aromatic rings. The summed E-state index contributed by atoms with van der Waals surface area (Å²) in [5, 5.41) is 0. The van der Waals surface area contributed by atoms with Crippen molar-refractivity contribution in [3.63, 3.8) is 0 Å². The number of hydrogen-bond donors (Lipinski definition) is 0. The SMILES string of the molecule is C=C(CC(=O)C(Cc1ccccc1)Cc1ccccc1C)c1ccccc1. The van der Waals surface area contributed by atoms with Gasteiger partial charge in [0.2, 0.25) is 0 Å². The quantitative estimate of drug-likeness (QED) is 0.480. The second kappa shape index (κ2) is 9.14. The molecule has 0 saturated carbocycles. The van der Waals surface area contributed by atoms with E-state index in [1.165, 1.54) is 16.7 Å². The largest absolute Gasteiger partial charge is 0.299 e. The summed E-state index contributed by atoms with van der Waals surface area (Å²) in [5.41, 5.74) is 5.63. The average Bonchev–Trinajstić information content (AvgIpc) is 2.70. The molecule has 1 atom stereocenters. The zero-order valence-corrected chi connectivity index (χ0v) is 15.9. The maximum absolute atomic E-state index is 13.2. The second-order valence-corrected chi connectivity index (χ2v) is 7.13. The molecular formula is C26H26O. The van der Waals surface area contributed by atoms with Gasteiger partial charge < -0.3 is 0 Å². The van der Waals surface area contributed by atoms with Gasteiger partial charge in [0.05, 0.1) is 0 Å². The number of Topliss-reactive ketones (excluding diaryl/α,β-unsaturated/α-hetero) is 1. The van der Waals surface area contributed by atoms with Crippen LogP contribution in [-0.4, -0.2) is 5.78 Å². The highest BCUT2D eigenvalue weighted by Gasteiger charge is 2.21. The van der Waals surface area contributed by atoms with Crippen molar-refractivity contribution in [1.82, 2.24) is 0 Å². The topological polar surface area (TPSA) is 17.1 Å². The first-order chi connectivity index (χ1) is 13.1. The van der Waals surface area contributed by atoms with E-state index in [1.54, 1.807) is 0 Å². The van der Waals surface area contributed by atoms with Crippen molar-refractivity contribution in [2.45, 2.75) is 26.2 Å². The lowest BCUT2D eigenvalue weighted by Gasteiger charge is -2.18. The summed E-state index contributed by atoms with van der Waals surface area (Å²) in [4.78, 5) is 13.2. The molecule has 0 N–H and O–H groups in total. The molecule has 0 radical (unpaired) electrons. The van der Waals surface area contributed by atoms with Crippen LogP contribution in [-0.2, 0) is 17.6 Å². The van der Waals surface area contributed by atoms with E-state index in [4.69, 9.17) is 0 Å². The number of benzene rings is 3. The Kier molecular flexibility index (Phi) is 6.38. The normalized spacial score (nSPS) is 11.7. The first-order valence-corrected chi connectivity index (χ1v) is 9.48. The van der Waals surface area contributed by atoms with Gasteiger partial charge in [-0.05, 0) is 47.6 Å². The minimum Gasteiger partial charge on any atom is -0.299 e. The second-order valence-electron chi connectivity index (χ2n) is 7.13. The summed E-state index contributed by atoms with van der Waals surface area (Å²) in [6, 6.07) is 28.6. The zero-order valence-electron chi connectivity index (χ0n) is 15.9. The summed E-state index contributed by atoms with van der Waals surface area (Å²) < 4.78 is 0. The van der Waals surface area contributed by atoms with Gasteiger partial charge in [-0.1, -0.05) is 91.5 Å². The van der Waals surface area contributed by atoms with Crippen LogP contribution in [0.15, 0.2) is 91.5 Å². The van der Waals surface area contributed by atoms with Crippen LogP contribution < -0.4 is 0 Å². The molecule has 0 spiro atoms. The summed E-state index contributed by atoms with van der Waals surface area (Å²) >= 11 is 0. The molecule has 0 aliphatic rings. The van der Waals surface area contributed by atoms with Crippen molar-refractivity contribution < 1.29 is 4.79 Å². The predicted molar refractivity (Wildman–Crippen MR) is 114 cm³/mol. The fraction of sp³-hybridized carbons (Fsp3) is 0.192. The van der Waals surface area contributed by atoms with E-state index < -0.39 is 0 Å². The molecule has 136 valence electrons. The monoisotopic (exact) mass is 354 g/mol. The lowest BCUT2D eigenvalue weighted by Crippen LogP contribution is -2.20. The van der Waals surface area contributed by atoms with Crippen molar-refractivity contribution in [2.24, 2.45) is 5.92 Å². The van der Waals surface area contributed by atoms with Crippen LogP contribution in [0.4, 0.5) is 0 Å². The van der Waals surface area contributed by atoms with Crippen molar-refractivity contribution >= 4 is 11.4 Å². The molecule has 0 amide bonds. The van der Waals surface area contributed by atoms with Gasteiger partial charge in [0.1, 0.15) is 5.78 Å². The Morgan fingerprint density at radius 3 is 2.07 bits per heavy atom. The van der Waals surface area contributed by atoms with Crippen molar-refractivity contribution in [3.05, 3.63) is 114 Å². The molecule has 1 nitrogen and oxygen atoms in total. The van der Waals surface area contributed by atoms with Gasteiger partial charge in [0.15, 0.2) is 0 Å². The third-order valence-electron chi connectivity index (χ3n) is 5.08. The van der Waals surface area contributed by atoms with Gasteiger partial charge >= 0.3 is 0 Å². The Hall–Kier alpha value is -2.93. The molecule has 0 aliphatic carbocycles. The molecule has 3 rings (SSSR count). The zero-order chi connectivity index (χ0) is 19.1. The predicted octanol–water partition coefficient (Wildman–Crippen LogP) is 6.07. The van der Waals surface area contributed by atoms with E-state index in [0.29, 0.717) is 6.42 Å². The molecule has 0 fully saturated rings. The third-order valence-corrected chi connectivity index (χ3v) is 5.08. The van der Waals surface area contributed by atoms with Crippen LogP contribution in [0.2, 0.25) is 0 Å². The first kappa shape index (κ1) is 18.8. The van der Waals surface area contributed by atoms with Gasteiger partial charge in [-0.2, -0.15) is 0 Å². The Morgan fingerprint density at radius 2 is 1.41 bits per heavy atom. The Labute approximate surface area is 162 Å². The molecule has 0 aliphatic heterocycles. The smallest absolute Gasteiger partial charge is 0.140 e. The highest BCUT2D eigenvalue weighted by atomic mass is 16.1. The molecular weight excluding hydrogens is 328 g/mol. The number of aryl methyl sites for hydroxylation is 1. The minimum absolute atomic E-state index is 0.0473. The molecule has 0 aromatic heterocycles. The van der Waals surface area contributed by atoms with Crippen LogP contribution >= 0.6 is 0 Å². The van der Waals surface area contributed by atoms with Crippen LogP contribution in [0.25, 0.3) is 5.57 Å². The first-order valence-electron chi connectivity index (χ1n) is 9.48. The third kappa shape index (κ3) is 5.27. The Morgan fingerprint density at radius 1 is 0.815 bits per heavy atom. The molecule has 1 heteroatoms. The molecule has 0 heterocycles. The van der Waals surface area contributed by atoms with Crippen molar-refractivity contribution in [1.29, 1.82) is 0 Å². The highest BCUT2D eigenvalue weighted by molar-refractivity contribution is 5.91. The minimum atomic E-state index is -0.0473. The van der Waals surface area contributed by atoms with Crippen molar-refractivity contribution in [3.8, 4) is 0 Å². The van der Waals surface area contributed by atoms with Gasteiger partial charge in [0, 0.05) is 12.3 Å². The molecule has 0 saturated heterocycles. The number of hydrogen-bond acceptors (Lipinski definition) is 1. The van der Waals surface area contributed by atoms with Crippen LogP contribution in [0.1, 0.15) is 28.7 Å². The van der Waals surface area contributed by atoms with E-state index in [0.717, 1.165) is 24.0 Å². The van der Waals surface area contributed by atoms with E-state index >= 15 is 0 Å². The number of ketones is 1. The van der Waals surface area contributed by atoms with Gasteiger partial charge in [-0.3, -0.25) is 4.79 Å². The molecule has 27 heavy (non-hydrogen) atoms. The highest BCUT2D eigenvalue weighted by Crippen LogP contribution is 2.24. The van der Waals surface area contributed by atoms with E-state index in [2.05, 4.69) is 43.8 Å². The number of allylic oxidation sites excluding steroid dienone is 1. The molecule has 0 bridgehead atoms. The van der Waals surface area contributed by atoms with Gasteiger partial charge in [-0.25, -0.2) is 0 Å². The average molecular weight is 354 g/mol. The summed E-state index contributed by atoms with van der Waals surface area (Å²) in [6.45, 7) is 6.27. The maximum atomic E-state index is 13.2. The van der Waals surface area contributed by atoms with E-state index in [9.17, 15) is 4.79 Å². The fourth-order valence-corrected chi connectivity index (χ4v) is 3.43. The summed E-state index contributed by atoms with van der Waals surface area (Å²) in [5.74, 6) is 0.213. The number of carbonyl (C=O) groups is 1. The van der Waals surface area contributed by atoms with E-state index in [1.807, 2.05) is 54.6 Å². The van der Waals surface area contributed by atoms with Gasteiger partial charge in [0.25, 0.3) is 0 Å². The van der Waals surface area contributed by atoms with Crippen LogP contribution in [0.5, 0.6) is 0 Å². The lowest BCUT2D eigenvalue weighted by atomic mass is 9.85. The Balaban J connectivity index is 1.79. The van der Waals surface area contributed by atoms with Crippen molar-refractivity contribution in [2.75, 3.05) is 0 Å².